The second kappa shape index (κ2) is 5.87. The molecule has 0 bridgehead atoms. The van der Waals surface area contributed by atoms with Crippen LogP contribution in [0.1, 0.15) is 10.4 Å². The van der Waals surface area contributed by atoms with Crippen molar-refractivity contribution in [2.24, 2.45) is 0 Å². The minimum atomic E-state index is -1.15. The van der Waals surface area contributed by atoms with Gasteiger partial charge in [0.2, 0.25) is 0 Å². The summed E-state index contributed by atoms with van der Waals surface area (Å²) in [5.74, 6) is -0.648. The van der Waals surface area contributed by atoms with Gasteiger partial charge < -0.3 is 14.6 Å². The van der Waals surface area contributed by atoms with Crippen LogP contribution < -0.4 is 9.47 Å². The van der Waals surface area contributed by atoms with Crippen LogP contribution in [0, 0.1) is 10.1 Å². The topological polar surface area (TPSA) is 112 Å². The van der Waals surface area contributed by atoms with E-state index in [2.05, 4.69) is 4.98 Å². The number of hydrogen-bond acceptors (Lipinski definition) is 6. The van der Waals surface area contributed by atoms with Crippen molar-refractivity contribution in [2.45, 2.75) is 0 Å². The highest BCUT2D eigenvalue weighted by molar-refractivity contribution is 5.87. The predicted octanol–water partition coefficient (Wildman–Crippen LogP) is 2.49. The van der Waals surface area contributed by atoms with E-state index in [1.54, 1.807) is 0 Å². The van der Waals surface area contributed by atoms with E-state index >= 15 is 0 Å². The van der Waals surface area contributed by atoms with E-state index in [9.17, 15) is 14.9 Å². The third-order valence-corrected chi connectivity index (χ3v) is 2.55. The van der Waals surface area contributed by atoms with E-state index in [0.29, 0.717) is 0 Å². The highest BCUT2D eigenvalue weighted by Crippen LogP contribution is 2.34. The van der Waals surface area contributed by atoms with Crippen molar-refractivity contribution in [3.8, 4) is 17.2 Å². The number of pyridine rings is 1. The van der Waals surface area contributed by atoms with Crippen molar-refractivity contribution >= 4 is 11.7 Å². The molecular formula is C13H10N2O6. The van der Waals surface area contributed by atoms with Crippen molar-refractivity contribution in [2.75, 3.05) is 7.11 Å². The number of nitrogens with zero attached hydrogens (tertiary/aromatic N) is 2. The molecule has 2 aromatic rings. The van der Waals surface area contributed by atoms with Gasteiger partial charge in [-0.05, 0) is 12.1 Å². The van der Waals surface area contributed by atoms with Crippen LogP contribution in [0.2, 0.25) is 0 Å². The number of aromatic carboxylic acids is 1. The first kappa shape index (κ1) is 14.3. The van der Waals surface area contributed by atoms with Gasteiger partial charge in [-0.3, -0.25) is 15.1 Å². The molecule has 0 aliphatic heterocycles. The van der Waals surface area contributed by atoms with Gasteiger partial charge in [0.1, 0.15) is 5.75 Å². The van der Waals surface area contributed by atoms with E-state index in [1.165, 1.54) is 43.8 Å². The first-order chi connectivity index (χ1) is 10.0. The van der Waals surface area contributed by atoms with Crippen molar-refractivity contribution in [1.82, 2.24) is 4.98 Å². The number of hydrogen-bond donors (Lipinski definition) is 1. The highest BCUT2D eigenvalue weighted by Gasteiger charge is 2.14. The molecule has 1 aromatic heterocycles. The number of nitro benzene ring substituents is 1. The number of carboxylic acids is 1. The lowest BCUT2D eigenvalue weighted by atomic mass is 10.2. The second-order valence-corrected chi connectivity index (χ2v) is 3.91. The van der Waals surface area contributed by atoms with Gasteiger partial charge in [0.25, 0.3) is 5.69 Å². The van der Waals surface area contributed by atoms with E-state index in [4.69, 9.17) is 14.6 Å². The normalized spacial score (nSPS) is 9.95. The number of aromatic nitrogens is 1. The number of non-ortho nitro benzene ring substituents is 1. The van der Waals surface area contributed by atoms with Crippen LogP contribution in [-0.4, -0.2) is 28.1 Å². The van der Waals surface area contributed by atoms with Crippen LogP contribution in [-0.2, 0) is 0 Å². The first-order valence-corrected chi connectivity index (χ1v) is 5.70. The molecule has 21 heavy (non-hydrogen) atoms. The van der Waals surface area contributed by atoms with Crippen LogP contribution in [0.25, 0.3) is 0 Å². The van der Waals surface area contributed by atoms with Crippen LogP contribution >= 0.6 is 0 Å². The fourth-order valence-corrected chi connectivity index (χ4v) is 1.58. The summed E-state index contributed by atoms with van der Waals surface area (Å²) >= 11 is 0. The predicted molar refractivity (Wildman–Crippen MR) is 70.9 cm³/mol. The average molecular weight is 290 g/mol. The molecule has 2 rings (SSSR count). The van der Waals surface area contributed by atoms with Gasteiger partial charge in [-0.1, -0.05) is 0 Å². The number of ether oxygens (including phenoxy) is 2. The number of methoxy groups -OCH3 is 1. The fraction of sp³-hybridized carbons (Fsp3) is 0.0769. The molecule has 1 N–H and O–H groups in total. The van der Waals surface area contributed by atoms with Crippen LogP contribution in [0.15, 0.2) is 36.7 Å². The molecule has 0 atom stereocenters. The Morgan fingerprint density at radius 1 is 1.29 bits per heavy atom. The average Bonchev–Trinajstić information content (AvgIpc) is 2.47. The number of nitro groups is 1. The lowest BCUT2D eigenvalue weighted by Crippen LogP contribution is -1.98. The zero-order chi connectivity index (χ0) is 15.4. The van der Waals surface area contributed by atoms with Crippen molar-refractivity contribution in [3.63, 3.8) is 0 Å². The highest BCUT2D eigenvalue weighted by atomic mass is 16.6. The summed E-state index contributed by atoms with van der Waals surface area (Å²) in [6.07, 6.45) is 2.46. The van der Waals surface area contributed by atoms with E-state index < -0.39 is 10.9 Å². The summed E-state index contributed by atoms with van der Waals surface area (Å²) in [6.45, 7) is 0. The molecule has 0 amide bonds. The standard InChI is InChI=1S/C13H10N2O6/c1-20-11-3-2-9(15(18)19)5-12(11)21-10-4-8(13(16)17)6-14-7-10/h2-7H,1H3,(H,16,17). The van der Waals surface area contributed by atoms with Gasteiger partial charge in [-0.2, -0.15) is 0 Å². The Morgan fingerprint density at radius 3 is 2.67 bits per heavy atom. The summed E-state index contributed by atoms with van der Waals surface area (Å²) in [5, 5.41) is 19.7. The Morgan fingerprint density at radius 2 is 2.05 bits per heavy atom. The maximum Gasteiger partial charge on any atom is 0.337 e. The molecule has 0 spiro atoms. The Bertz CT molecular complexity index is 701. The summed E-state index contributed by atoms with van der Waals surface area (Å²) in [7, 11) is 1.39. The smallest absolute Gasteiger partial charge is 0.337 e. The largest absolute Gasteiger partial charge is 0.493 e. The third kappa shape index (κ3) is 3.24. The Hall–Kier alpha value is -3.16. The van der Waals surface area contributed by atoms with Gasteiger partial charge in [0, 0.05) is 12.3 Å². The molecule has 8 nitrogen and oxygen atoms in total. The fourth-order valence-electron chi connectivity index (χ4n) is 1.58. The number of carboxylic acid groups (broad SMARTS) is 1. The second-order valence-electron chi connectivity index (χ2n) is 3.91. The zero-order valence-corrected chi connectivity index (χ0v) is 10.8. The molecule has 0 radical (unpaired) electrons. The molecule has 0 saturated carbocycles. The van der Waals surface area contributed by atoms with Gasteiger partial charge in [0.05, 0.1) is 29.9 Å². The van der Waals surface area contributed by atoms with Crippen molar-refractivity contribution in [3.05, 3.63) is 52.3 Å². The van der Waals surface area contributed by atoms with Crippen LogP contribution in [0.3, 0.4) is 0 Å². The zero-order valence-electron chi connectivity index (χ0n) is 10.8. The lowest BCUT2D eigenvalue weighted by molar-refractivity contribution is -0.384. The summed E-state index contributed by atoms with van der Waals surface area (Å²) < 4.78 is 10.5. The number of benzene rings is 1. The molecule has 8 heteroatoms. The molecule has 0 saturated heterocycles. The molecule has 0 aliphatic carbocycles. The van der Waals surface area contributed by atoms with Crippen LogP contribution in [0.5, 0.6) is 17.2 Å². The Balaban J connectivity index is 2.37. The first-order valence-electron chi connectivity index (χ1n) is 5.70. The molecule has 1 heterocycles. The molecule has 108 valence electrons. The summed E-state index contributed by atoms with van der Waals surface area (Å²) in [5.41, 5.74) is -0.231. The molecular weight excluding hydrogens is 280 g/mol. The number of rotatable bonds is 5. The van der Waals surface area contributed by atoms with Gasteiger partial charge >= 0.3 is 5.97 Å². The van der Waals surface area contributed by atoms with E-state index in [1.807, 2.05) is 0 Å². The Labute approximate surface area is 118 Å². The lowest BCUT2D eigenvalue weighted by Gasteiger charge is -2.10. The van der Waals surface area contributed by atoms with Crippen molar-refractivity contribution in [1.29, 1.82) is 0 Å². The summed E-state index contributed by atoms with van der Waals surface area (Å²) in [6, 6.07) is 5.11. The van der Waals surface area contributed by atoms with Gasteiger partial charge in [0.15, 0.2) is 11.5 Å². The van der Waals surface area contributed by atoms with Gasteiger partial charge in [-0.15, -0.1) is 0 Å². The monoisotopic (exact) mass is 290 g/mol. The van der Waals surface area contributed by atoms with E-state index in [0.717, 1.165) is 0 Å². The Kier molecular flexibility index (Phi) is 3.98. The molecule has 0 aliphatic rings. The summed E-state index contributed by atoms with van der Waals surface area (Å²) in [4.78, 5) is 24.8. The SMILES string of the molecule is COc1ccc([N+](=O)[O-])cc1Oc1cncc(C(=O)O)c1. The van der Waals surface area contributed by atoms with Gasteiger partial charge in [-0.25, -0.2) is 4.79 Å². The molecule has 1 aromatic carbocycles. The van der Waals surface area contributed by atoms with Crippen molar-refractivity contribution < 1.29 is 24.3 Å². The minimum absolute atomic E-state index is 0.0584. The minimum Gasteiger partial charge on any atom is -0.493 e. The quantitative estimate of drug-likeness (QED) is 0.664. The molecule has 0 fully saturated rings. The van der Waals surface area contributed by atoms with E-state index in [-0.39, 0.29) is 28.5 Å². The molecule has 0 unspecified atom stereocenters. The third-order valence-electron chi connectivity index (χ3n) is 2.55. The maximum atomic E-state index is 10.9. The number of carbonyl (C=O) groups is 1. The maximum absolute atomic E-state index is 10.9. The van der Waals surface area contributed by atoms with Crippen LogP contribution in [0.4, 0.5) is 5.69 Å².